The van der Waals surface area contributed by atoms with Crippen LogP contribution in [0.4, 0.5) is 0 Å². The summed E-state index contributed by atoms with van der Waals surface area (Å²) >= 11 is 0. The average molecular weight is 276 g/mol. The van der Waals surface area contributed by atoms with Gasteiger partial charge in [-0.1, -0.05) is 19.1 Å². The smallest absolute Gasteiger partial charge is 0.125 e. The molecule has 1 saturated heterocycles. The summed E-state index contributed by atoms with van der Waals surface area (Å²) in [5, 5.41) is 3.37. The van der Waals surface area contributed by atoms with Crippen LogP contribution in [0.1, 0.15) is 36.5 Å². The maximum Gasteiger partial charge on any atom is 0.125 e. The van der Waals surface area contributed by atoms with Gasteiger partial charge in [-0.05, 0) is 63.0 Å². The lowest BCUT2D eigenvalue weighted by Crippen LogP contribution is -2.25. The maximum atomic E-state index is 6.03. The Morgan fingerprint density at radius 2 is 1.80 bits per heavy atom. The van der Waals surface area contributed by atoms with Crippen LogP contribution in [-0.4, -0.2) is 37.7 Å². The molecule has 0 atom stereocenters. The van der Waals surface area contributed by atoms with Crippen molar-refractivity contribution in [3.63, 3.8) is 0 Å². The fourth-order valence-corrected chi connectivity index (χ4v) is 2.92. The lowest BCUT2D eigenvalue weighted by Gasteiger charge is -2.18. The molecule has 1 N–H and O–H groups in total. The fourth-order valence-electron chi connectivity index (χ4n) is 2.92. The topological polar surface area (TPSA) is 24.5 Å². The van der Waals surface area contributed by atoms with Crippen LogP contribution in [0.15, 0.2) is 12.1 Å². The van der Waals surface area contributed by atoms with Crippen LogP contribution in [0.25, 0.3) is 0 Å². The van der Waals surface area contributed by atoms with Crippen molar-refractivity contribution in [1.29, 1.82) is 0 Å². The van der Waals surface area contributed by atoms with Crippen molar-refractivity contribution in [3.8, 4) is 5.75 Å². The van der Waals surface area contributed by atoms with Gasteiger partial charge in [0.25, 0.3) is 0 Å². The molecule has 1 heterocycles. The van der Waals surface area contributed by atoms with E-state index in [0.717, 1.165) is 32.0 Å². The van der Waals surface area contributed by atoms with Crippen LogP contribution in [0.2, 0.25) is 0 Å². The second-order valence-electron chi connectivity index (χ2n) is 5.74. The number of benzene rings is 1. The molecule has 1 aromatic rings. The van der Waals surface area contributed by atoms with Crippen molar-refractivity contribution in [2.24, 2.45) is 0 Å². The minimum Gasteiger partial charge on any atom is -0.492 e. The minimum atomic E-state index is 0.800. The number of hydrogen-bond acceptors (Lipinski definition) is 3. The summed E-state index contributed by atoms with van der Waals surface area (Å²) in [5.41, 5.74) is 3.84. The first-order valence-electron chi connectivity index (χ1n) is 7.86. The van der Waals surface area contributed by atoms with E-state index in [1.54, 1.807) is 0 Å². The quantitative estimate of drug-likeness (QED) is 0.829. The Balaban J connectivity index is 1.89. The van der Waals surface area contributed by atoms with Gasteiger partial charge >= 0.3 is 0 Å². The largest absolute Gasteiger partial charge is 0.492 e. The number of nitrogens with one attached hydrogen (secondary N) is 1. The summed E-state index contributed by atoms with van der Waals surface area (Å²) in [5.74, 6) is 1.07. The molecule has 3 nitrogen and oxygen atoms in total. The number of ether oxygens (including phenoxy) is 1. The highest BCUT2D eigenvalue weighted by molar-refractivity contribution is 5.43. The van der Waals surface area contributed by atoms with E-state index in [-0.39, 0.29) is 0 Å². The molecule has 20 heavy (non-hydrogen) atoms. The second kappa shape index (κ2) is 7.65. The molecule has 0 spiro atoms. The van der Waals surface area contributed by atoms with Gasteiger partial charge < -0.3 is 10.1 Å². The van der Waals surface area contributed by atoms with Crippen molar-refractivity contribution in [1.82, 2.24) is 10.2 Å². The summed E-state index contributed by atoms with van der Waals surface area (Å²) in [7, 11) is 0. The van der Waals surface area contributed by atoms with E-state index in [9.17, 15) is 0 Å². The van der Waals surface area contributed by atoms with Gasteiger partial charge in [-0.3, -0.25) is 4.90 Å². The highest BCUT2D eigenvalue weighted by Gasteiger charge is 2.12. The highest BCUT2D eigenvalue weighted by Crippen LogP contribution is 2.25. The molecule has 0 amide bonds. The molecule has 1 aliphatic rings. The summed E-state index contributed by atoms with van der Waals surface area (Å²) < 4.78 is 6.03. The lowest BCUT2D eigenvalue weighted by atomic mass is 10.1. The van der Waals surface area contributed by atoms with E-state index < -0.39 is 0 Å². The van der Waals surface area contributed by atoms with Gasteiger partial charge in [0.1, 0.15) is 12.4 Å². The van der Waals surface area contributed by atoms with Gasteiger partial charge in [0.15, 0.2) is 0 Å². The average Bonchev–Trinajstić information content (AvgIpc) is 2.92. The molecule has 0 aliphatic carbocycles. The van der Waals surface area contributed by atoms with E-state index in [2.05, 4.69) is 43.1 Å². The zero-order valence-corrected chi connectivity index (χ0v) is 13.2. The third-order valence-corrected chi connectivity index (χ3v) is 3.95. The predicted molar refractivity (Wildman–Crippen MR) is 84.5 cm³/mol. The normalized spacial score (nSPS) is 15.8. The van der Waals surface area contributed by atoms with Gasteiger partial charge in [0, 0.05) is 13.1 Å². The van der Waals surface area contributed by atoms with Crippen LogP contribution in [0.5, 0.6) is 5.75 Å². The molecule has 2 rings (SSSR count). The van der Waals surface area contributed by atoms with Crippen LogP contribution in [-0.2, 0) is 6.54 Å². The Morgan fingerprint density at radius 3 is 2.40 bits per heavy atom. The monoisotopic (exact) mass is 276 g/mol. The molecule has 0 unspecified atom stereocenters. The second-order valence-corrected chi connectivity index (χ2v) is 5.74. The van der Waals surface area contributed by atoms with E-state index in [0.29, 0.717) is 0 Å². The molecule has 1 fully saturated rings. The van der Waals surface area contributed by atoms with Crippen molar-refractivity contribution >= 4 is 0 Å². The summed E-state index contributed by atoms with van der Waals surface area (Å²) in [6.45, 7) is 12.7. The maximum absolute atomic E-state index is 6.03. The van der Waals surface area contributed by atoms with Crippen molar-refractivity contribution in [2.45, 2.75) is 40.2 Å². The Hall–Kier alpha value is -1.06. The Labute approximate surface area is 123 Å². The fraction of sp³-hybridized carbons (Fsp3) is 0.647. The van der Waals surface area contributed by atoms with Crippen LogP contribution < -0.4 is 10.1 Å². The van der Waals surface area contributed by atoms with E-state index >= 15 is 0 Å². The Kier molecular flexibility index (Phi) is 5.86. The number of aryl methyl sites for hydroxylation is 2. The van der Waals surface area contributed by atoms with E-state index in [4.69, 9.17) is 4.74 Å². The van der Waals surface area contributed by atoms with E-state index in [1.807, 2.05) is 0 Å². The molecular weight excluding hydrogens is 248 g/mol. The first-order chi connectivity index (χ1) is 9.70. The number of rotatable bonds is 7. The molecule has 112 valence electrons. The molecule has 0 radical (unpaired) electrons. The molecule has 1 aromatic carbocycles. The summed E-state index contributed by atoms with van der Waals surface area (Å²) in [6, 6.07) is 4.47. The highest BCUT2D eigenvalue weighted by atomic mass is 16.5. The Morgan fingerprint density at radius 1 is 1.15 bits per heavy atom. The van der Waals surface area contributed by atoms with Gasteiger partial charge in [-0.15, -0.1) is 0 Å². The third kappa shape index (κ3) is 4.22. The van der Waals surface area contributed by atoms with Crippen LogP contribution in [0, 0.1) is 13.8 Å². The summed E-state index contributed by atoms with van der Waals surface area (Å²) in [4.78, 5) is 2.49. The third-order valence-electron chi connectivity index (χ3n) is 3.95. The first kappa shape index (κ1) is 15.3. The molecule has 3 heteroatoms. The van der Waals surface area contributed by atoms with Gasteiger partial charge in [-0.25, -0.2) is 0 Å². The SMILES string of the molecule is CCNCc1cc(C)c(OCCN2CCCC2)c(C)c1. The van der Waals surface area contributed by atoms with Gasteiger partial charge in [0.2, 0.25) is 0 Å². The Bertz CT molecular complexity index is 402. The molecule has 0 aromatic heterocycles. The van der Waals surface area contributed by atoms with Crippen molar-refractivity contribution < 1.29 is 4.74 Å². The van der Waals surface area contributed by atoms with Crippen molar-refractivity contribution in [2.75, 3.05) is 32.8 Å². The number of nitrogens with zero attached hydrogens (tertiary/aromatic N) is 1. The minimum absolute atomic E-state index is 0.800. The standard InChI is InChI=1S/C17H28N2O/c1-4-18-13-16-11-14(2)17(15(3)12-16)20-10-9-19-7-5-6-8-19/h11-12,18H,4-10,13H2,1-3H3. The van der Waals surface area contributed by atoms with Gasteiger partial charge in [-0.2, -0.15) is 0 Å². The molecule has 1 aliphatic heterocycles. The zero-order valence-electron chi connectivity index (χ0n) is 13.2. The molecular formula is C17H28N2O. The van der Waals surface area contributed by atoms with Crippen LogP contribution in [0.3, 0.4) is 0 Å². The number of hydrogen-bond donors (Lipinski definition) is 1. The lowest BCUT2D eigenvalue weighted by molar-refractivity contribution is 0.236. The predicted octanol–water partition coefficient (Wildman–Crippen LogP) is 2.89. The zero-order chi connectivity index (χ0) is 14.4. The van der Waals surface area contributed by atoms with Crippen LogP contribution >= 0.6 is 0 Å². The van der Waals surface area contributed by atoms with Gasteiger partial charge in [0.05, 0.1) is 0 Å². The number of likely N-dealkylation sites (tertiary alicyclic amines) is 1. The summed E-state index contributed by atoms with van der Waals surface area (Å²) in [6.07, 6.45) is 2.69. The first-order valence-corrected chi connectivity index (χ1v) is 7.86. The van der Waals surface area contributed by atoms with E-state index in [1.165, 1.54) is 42.6 Å². The molecule has 0 saturated carbocycles. The van der Waals surface area contributed by atoms with Crippen molar-refractivity contribution in [3.05, 3.63) is 28.8 Å². The molecule has 0 bridgehead atoms.